The van der Waals surface area contributed by atoms with Crippen LogP contribution >= 0.6 is 11.6 Å². The van der Waals surface area contributed by atoms with Crippen molar-refractivity contribution in [1.82, 2.24) is 29.7 Å². The summed E-state index contributed by atoms with van der Waals surface area (Å²) in [6, 6.07) is 7.20. The molecule has 194 valence electrons. The SMILES string of the molecule is COc1cccc(OC)c1-n1c(CS(=O)(=O)[C@H](C)[C@@H](C)c2ncc(Cl)cn2)nnc1-c1cncc(C)c1. The lowest BCUT2D eigenvalue weighted by Gasteiger charge is -2.20. The van der Waals surface area contributed by atoms with E-state index in [-0.39, 0.29) is 11.6 Å². The molecule has 0 bridgehead atoms. The first-order valence-electron chi connectivity index (χ1n) is 11.4. The van der Waals surface area contributed by atoms with Crippen molar-refractivity contribution in [3.8, 4) is 28.6 Å². The molecule has 2 atom stereocenters. The molecule has 0 saturated carbocycles. The van der Waals surface area contributed by atoms with Crippen molar-refractivity contribution in [2.75, 3.05) is 14.2 Å². The van der Waals surface area contributed by atoms with Gasteiger partial charge < -0.3 is 9.47 Å². The summed E-state index contributed by atoms with van der Waals surface area (Å²) < 4.78 is 40.2. The number of sulfone groups is 1. The molecule has 12 heteroatoms. The number of ether oxygens (including phenoxy) is 2. The Hall–Kier alpha value is -3.57. The first kappa shape index (κ1) is 26.5. The van der Waals surface area contributed by atoms with Crippen LogP contribution < -0.4 is 9.47 Å². The fourth-order valence-corrected chi connectivity index (χ4v) is 5.60. The lowest BCUT2D eigenvalue weighted by molar-refractivity contribution is 0.390. The summed E-state index contributed by atoms with van der Waals surface area (Å²) in [6.07, 6.45) is 6.27. The van der Waals surface area contributed by atoms with Gasteiger partial charge in [-0.05, 0) is 37.6 Å². The Morgan fingerprint density at radius 1 is 1.00 bits per heavy atom. The highest BCUT2D eigenvalue weighted by molar-refractivity contribution is 7.91. The van der Waals surface area contributed by atoms with Crippen molar-refractivity contribution in [3.05, 3.63) is 71.3 Å². The quantitative estimate of drug-likeness (QED) is 0.306. The van der Waals surface area contributed by atoms with Crippen LogP contribution in [0.25, 0.3) is 17.1 Å². The van der Waals surface area contributed by atoms with Crippen molar-refractivity contribution in [1.29, 1.82) is 0 Å². The van der Waals surface area contributed by atoms with Crippen LogP contribution in [0, 0.1) is 6.92 Å². The third-order valence-electron chi connectivity index (χ3n) is 6.14. The Labute approximate surface area is 220 Å². The van der Waals surface area contributed by atoms with Crippen molar-refractivity contribution in [3.63, 3.8) is 0 Å². The average molecular weight is 543 g/mol. The molecule has 0 aliphatic carbocycles. The fourth-order valence-electron chi connectivity index (χ4n) is 3.95. The van der Waals surface area contributed by atoms with E-state index in [2.05, 4.69) is 25.1 Å². The zero-order valence-corrected chi connectivity index (χ0v) is 22.7. The molecule has 4 aromatic rings. The number of rotatable bonds is 9. The van der Waals surface area contributed by atoms with E-state index >= 15 is 0 Å². The second-order valence-electron chi connectivity index (χ2n) is 8.60. The molecule has 4 rings (SSSR count). The predicted molar refractivity (Wildman–Crippen MR) is 140 cm³/mol. The van der Waals surface area contributed by atoms with E-state index in [1.807, 2.05) is 13.0 Å². The minimum absolute atomic E-state index is 0.204. The van der Waals surface area contributed by atoms with Crippen LogP contribution in [0.3, 0.4) is 0 Å². The van der Waals surface area contributed by atoms with Gasteiger partial charge in [0, 0.05) is 36.3 Å². The van der Waals surface area contributed by atoms with E-state index in [4.69, 9.17) is 21.1 Å². The van der Waals surface area contributed by atoms with Gasteiger partial charge in [-0.3, -0.25) is 9.55 Å². The molecular weight excluding hydrogens is 516 g/mol. The van der Waals surface area contributed by atoms with Crippen molar-refractivity contribution in [2.24, 2.45) is 0 Å². The van der Waals surface area contributed by atoms with Gasteiger partial charge in [0.05, 0.1) is 24.5 Å². The highest BCUT2D eigenvalue weighted by atomic mass is 35.5. The predicted octanol–water partition coefficient (Wildman–Crippen LogP) is 4.21. The lowest BCUT2D eigenvalue weighted by Crippen LogP contribution is -2.27. The molecule has 0 aliphatic rings. The number of halogens is 1. The van der Waals surface area contributed by atoms with Gasteiger partial charge in [-0.1, -0.05) is 24.6 Å². The van der Waals surface area contributed by atoms with E-state index in [1.165, 1.54) is 26.6 Å². The Balaban J connectivity index is 1.83. The summed E-state index contributed by atoms with van der Waals surface area (Å²) in [7, 11) is -0.690. The number of methoxy groups -OCH3 is 2. The first-order chi connectivity index (χ1) is 17.7. The molecule has 0 radical (unpaired) electrons. The molecular formula is C25H27ClN6O4S. The van der Waals surface area contributed by atoms with Gasteiger partial charge >= 0.3 is 0 Å². The Morgan fingerprint density at radius 2 is 1.65 bits per heavy atom. The largest absolute Gasteiger partial charge is 0.494 e. The molecule has 3 aromatic heterocycles. The van der Waals surface area contributed by atoms with Crippen molar-refractivity contribution in [2.45, 2.75) is 37.7 Å². The molecule has 10 nitrogen and oxygen atoms in total. The molecule has 0 N–H and O–H groups in total. The van der Waals surface area contributed by atoms with Crippen LogP contribution in [-0.4, -0.2) is 57.6 Å². The summed E-state index contributed by atoms with van der Waals surface area (Å²) in [5.41, 5.74) is 2.07. The summed E-state index contributed by atoms with van der Waals surface area (Å²) >= 11 is 5.89. The normalized spacial score (nSPS) is 13.2. The number of aryl methyl sites for hydroxylation is 1. The molecule has 1 aromatic carbocycles. The van der Waals surface area contributed by atoms with E-state index in [1.54, 1.807) is 49.0 Å². The number of benzene rings is 1. The standard InChI is InChI=1S/C25H27ClN6O4S/c1-15-9-18(11-27-10-15)25-31-30-22(32(25)23-20(35-4)7-6-8-21(23)36-5)14-37(33,34)17(3)16(2)24-28-12-19(26)13-29-24/h6-13,16-17H,14H2,1-5H3/t16-,17-/m1/s1. The fraction of sp³-hybridized carbons (Fsp3) is 0.320. The maximum Gasteiger partial charge on any atom is 0.170 e. The summed E-state index contributed by atoms with van der Waals surface area (Å²) in [6.45, 7) is 5.31. The second kappa shape index (κ2) is 10.8. The molecule has 0 aliphatic heterocycles. The van der Waals surface area contributed by atoms with Gasteiger partial charge in [0.2, 0.25) is 0 Å². The van der Waals surface area contributed by atoms with E-state index < -0.39 is 21.0 Å². The third-order valence-corrected chi connectivity index (χ3v) is 8.53. The molecule has 3 heterocycles. The minimum atomic E-state index is -3.75. The number of hydrogen-bond donors (Lipinski definition) is 0. The third kappa shape index (κ3) is 5.42. The number of nitrogens with zero attached hydrogens (tertiary/aromatic N) is 6. The molecule has 0 amide bonds. The topological polar surface area (TPSA) is 122 Å². The maximum absolute atomic E-state index is 13.6. The van der Waals surface area contributed by atoms with Gasteiger partial charge in [-0.25, -0.2) is 18.4 Å². The van der Waals surface area contributed by atoms with Gasteiger partial charge in [0.25, 0.3) is 0 Å². The molecule has 0 fully saturated rings. The Kier molecular flexibility index (Phi) is 7.74. The number of pyridine rings is 1. The maximum atomic E-state index is 13.6. The Bertz CT molecular complexity index is 1490. The zero-order chi connectivity index (χ0) is 26.7. The van der Waals surface area contributed by atoms with Crippen LogP contribution in [-0.2, 0) is 15.6 Å². The van der Waals surface area contributed by atoms with Crippen LogP contribution in [0.1, 0.15) is 37.0 Å². The lowest BCUT2D eigenvalue weighted by atomic mass is 10.1. The van der Waals surface area contributed by atoms with Crippen molar-refractivity contribution >= 4 is 21.4 Å². The van der Waals surface area contributed by atoms with Crippen LogP contribution in [0.4, 0.5) is 0 Å². The highest BCUT2D eigenvalue weighted by Crippen LogP contribution is 2.37. The van der Waals surface area contributed by atoms with E-state index in [0.717, 1.165) is 5.56 Å². The molecule has 37 heavy (non-hydrogen) atoms. The number of hydrogen-bond acceptors (Lipinski definition) is 9. The molecule has 0 spiro atoms. The highest BCUT2D eigenvalue weighted by Gasteiger charge is 2.33. The summed E-state index contributed by atoms with van der Waals surface area (Å²) in [5.74, 6) is 1.06. The summed E-state index contributed by atoms with van der Waals surface area (Å²) in [5, 5.41) is 8.24. The monoisotopic (exact) mass is 542 g/mol. The van der Waals surface area contributed by atoms with Crippen LogP contribution in [0.5, 0.6) is 11.5 Å². The van der Waals surface area contributed by atoms with E-state index in [9.17, 15) is 8.42 Å². The van der Waals surface area contributed by atoms with Crippen LogP contribution in [0.2, 0.25) is 5.02 Å². The van der Waals surface area contributed by atoms with Crippen molar-refractivity contribution < 1.29 is 17.9 Å². The Morgan fingerprint density at radius 3 is 2.24 bits per heavy atom. The van der Waals surface area contributed by atoms with Gasteiger partial charge in [-0.2, -0.15) is 0 Å². The number of para-hydroxylation sites is 1. The van der Waals surface area contributed by atoms with Gasteiger partial charge in [-0.15, -0.1) is 10.2 Å². The minimum Gasteiger partial charge on any atom is -0.494 e. The zero-order valence-electron chi connectivity index (χ0n) is 21.1. The van der Waals surface area contributed by atoms with Gasteiger partial charge in [0.15, 0.2) is 21.5 Å². The average Bonchev–Trinajstić information content (AvgIpc) is 3.29. The number of aromatic nitrogens is 6. The summed E-state index contributed by atoms with van der Waals surface area (Å²) in [4.78, 5) is 12.7. The molecule has 0 unspecified atom stereocenters. The van der Waals surface area contributed by atoms with Crippen LogP contribution in [0.15, 0.2) is 49.1 Å². The van der Waals surface area contributed by atoms with Gasteiger partial charge in [0.1, 0.15) is 28.8 Å². The van der Waals surface area contributed by atoms with E-state index in [0.29, 0.717) is 39.4 Å². The first-order valence-corrected chi connectivity index (χ1v) is 13.5. The molecule has 0 saturated heterocycles. The smallest absolute Gasteiger partial charge is 0.170 e. The second-order valence-corrected chi connectivity index (χ2v) is 11.4.